The van der Waals surface area contributed by atoms with Crippen molar-refractivity contribution in [3.8, 4) is 11.5 Å². The van der Waals surface area contributed by atoms with E-state index in [0.29, 0.717) is 11.8 Å². The molecule has 0 amide bonds. The molecule has 19 heavy (non-hydrogen) atoms. The summed E-state index contributed by atoms with van der Waals surface area (Å²) in [5.74, 6) is 3.82. The van der Waals surface area contributed by atoms with Crippen LogP contribution >= 0.6 is 11.8 Å². The molecule has 0 aliphatic carbocycles. The molecule has 0 spiro atoms. The predicted molar refractivity (Wildman–Crippen MR) is 79.9 cm³/mol. The van der Waals surface area contributed by atoms with Gasteiger partial charge in [0.25, 0.3) is 5.89 Å². The van der Waals surface area contributed by atoms with E-state index in [2.05, 4.69) is 24.0 Å². The number of rotatable bonds is 5. The number of nitrogens with two attached hydrogens (primary N) is 1. The van der Waals surface area contributed by atoms with E-state index in [4.69, 9.17) is 10.3 Å². The van der Waals surface area contributed by atoms with E-state index in [1.807, 2.05) is 36.9 Å². The second-order valence-corrected chi connectivity index (χ2v) is 6.03. The van der Waals surface area contributed by atoms with E-state index in [0.717, 1.165) is 34.1 Å². The van der Waals surface area contributed by atoms with Gasteiger partial charge >= 0.3 is 0 Å². The van der Waals surface area contributed by atoms with Crippen molar-refractivity contribution in [1.82, 2.24) is 10.1 Å². The molecular weight excluding hydrogens is 258 g/mol. The molecule has 2 N–H and O–H groups in total. The summed E-state index contributed by atoms with van der Waals surface area (Å²) in [5, 5.41) is 3.99. The van der Waals surface area contributed by atoms with Crippen LogP contribution in [0.2, 0.25) is 0 Å². The van der Waals surface area contributed by atoms with Crippen LogP contribution in [0, 0.1) is 12.8 Å². The minimum atomic E-state index is 0.534. The lowest BCUT2D eigenvalue weighted by atomic mass is 10.1. The van der Waals surface area contributed by atoms with Gasteiger partial charge in [0.2, 0.25) is 0 Å². The normalized spacial score (nSPS) is 11.2. The Labute approximate surface area is 117 Å². The quantitative estimate of drug-likeness (QED) is 0.847. The first-order valence-electron chi connectivity index (χ1n) is 6.33. The molecule has 5 heteroatoms. The summed E-state index contributed by atoms with van der Waals surface area (Å²) in [6.45, 7) is 6.37. The second kappa shape index (κ2) is 6.10. The third kappa shape index (κ3) is 3.73. The van der Waals surface area contributed by atoms with Gasteiger partial charge in [0.1, 0.15) is 0 Å². The van der Waals surface area contributed by atoms with Gasteiger partial charge in [-0.05, 0) is 36.3 Å². The molecule has 0 aliphatic heterocycles. The number of thioether (sulfide) groups is 1. The maximum Gasteiger partial charge on any atom is 0.258 e. The molecule has 1 aromatic heterocycles. The topological polar surface area (TPSA) is 64.9 Å². The van der Waals surface area contributed by atoms with Gasteiger partial charge in [0.05, 0.1) is 5.75 Å². The number of aryl methyl sites for hydroxylation is 1. The Morgan fingerprint density at radius 2 is 2.16 bits per heavy atom. The fourth-order valence-electron chi connectivity index (χ4n) is 1.59. The molecule has 0 radical (unpaired) electrons. The lowest BCUT2D eigenvalue weighted by Gasteiger charge is -2.01. The summed E-state index contributed by atoms with van der Waals surface area (Å²) in [4.78, 5) is 4.39. The average molecular weight is 277 g/mol. The molecule has 1 heterocycles. The van der Waals surface area contributed by atoms with Crippen molar-refractivity contribution in [2.75, 3.05) is 11.5 Å². The Hall–Kier alpha value is -1.49. The largest absolute Gasteiger partial charge is 0.398 e. The third-order valence-electron chi connectivity index (χ3n) is 2.68. The molecule has 0 saturated carbocycles. The van der Waals surface area contributed by atoms with E-state index in [9.17, 15) is 0 Å². The van der Waals surface area contributed by atoms with Crippen molar-refractivity contribution in [3.63, 3.8) is 0 Å². The molecule has 102 valence electrons. The van der Waals surface area contributed by atoms with Gasteiger partial charge in [-0.2, -0.15) is 16.7 Å². The number of anilines is 1. The smallest absolute Gasteiger partial charge is 0.258 e. The summed E-state index contributed by atoms with van der Waals surface area (Å²) in [5.41, 5.74) is 8.55. The van der Waals surface area contributed by atoms with Crippen molar-refractivity contribution >= 4 is 17.4 Å². The third-order valence-corrected chi connectivity index (χ3v) is 4.04. The van der Waals surface area contributed by atoms with E-state index in [-0.39, 0.29) is 0 Å². The summed E-state index contributed by atoms with van der Waals surface area (Å²) in [6.07, 6.45) is 0. The molecule has 4 nitrogen and oxygen atoms in total. The SMILES string of the molecule is Cc1ccc(-c2nc(CSCC(C)C)no2)cc1N. The summed E-state index contributed by atoms with van der Waals surface area (Å²) in [6, 6.07) is 5.78. The zero-order valence-electron chi connectivity index (χ0n) is 11.5. The zero-order chi connectivity index (χ0) is 13.8. The maximum atomic E-state index is 5.88. The number of aromatic nitrogens is 2. The molecule has 0 atom stereocenters. The lowest BCUT2D eigenvalue weighted by Crippen LogP contribution is -1.93. The van der Waals surface area contributed by atoms with Crippen molar-refractivity contribution in [2.24, 2.45) is 5.92 Å². The lowest BCUT2D eigenvalue weighted by molar-refractivity contribution is 0.425. The van der Waals surface area contributed by atoms with Crippen LogP contribution in [0.3, 0.4) is 0 Å². The summed E-state index contributed by atoms with van der Waals surface area (Å²) in [7, 11) is 0. The zero-order valence-corrected chi connectivity index (χ0v) is 12.3. The van der Waals surface area contributed by atoms with Gasteiger partial charge in [-0.25, -0.2) is 0 Å². The fraction of sp³-hybridized carbons (Fsp3) is 0.429. The Kier molecular flexibility index (Phi) is 4.47. The average Bonchev–Trinajstić information content (AvgIpc) is 2.81. The highest BCUT2D eigenvalue weighted by Gasteiger charge is 2.10. The molecule has 1 aromatic carbocycles. The summed E-state index contributed by atoms with van der Waals surface area (Å²) < 4.78 is 5.27. The van der Waals surface area contributed by atoms with Crippen molar-refractivity contribution in [1.29, 1.82) is 0 Å². The molecule has 0 aliphatic rings. The molecule has 2 rings (SSSR count). The van der Waals surface area contributed by atoms with E-state index in [1.165, 1.54) is 0 Å². The highest BCUT2D eigenvalue weighted by Crippen LogP contribution is 2.23. The first-order chi connectivity index (χ1) is 9.06. The van der Waals surface area contributed by atoms with Crippen LogP contribution in [0.1, 0.15) is 25.2 Å². The molecule has 2 aromatic rings. The Morgan fingerprint density at radius 3 is 2.84 bits per heavy atom. The van der Waals surface area contributed by atoms with Crippen LogP contribution in [-0.4, -0.2) is 15.9 Å². The molecule has 0 saturated heterocycles. The van der Waals surface area contributed by atoms with E-state index in [1.54, 1.807) is 0 Å². The highest BCUT2D eigenvalue weighted by atomic mass is 32.2. The minimum absolute atomic E-state index is 0.534. The monoisotopic (exact) mass is 277 g/mol. The first-order valence-corrected chi connectivity index (χ1v) is 7.48. The maximum absolute atomic E-state index is 5.88. The van der Waals surface area contributed by atoms with Gasteiger partial charge in [0, 0.05) is 11.3 Å². The van der Waals surface area contributed by atoms with Crippen LogP contribution in [-0.2, 0) is 5.75 Å². The number of hydrogen-bond donors (Lipinski definition) is 1. The minimum Gasteiger partial charge on any atom is -0.398 e. The predicted octanol–water partition coefficient (Wildman–Crippen LogP) is 3.52. The second-order valence-electron chi connectivity index (χ2n) is 5.00. The van der Waals surface area contributed by atoms with Crippen LogP contribution < -0.4 is 5.73 Å². The van der Waals surface area contributed by atoms with Gasteiger partial charge in [-0.3, -0.25) is 0 Å². The van der Waals surface area contributed by atoms with Crippen LogP contribution in [0.5, 0.6) is 0 Å². The molecule has 0 bridgehead atoms. The van der Waals surface area contributed by atoms with Crippen LogP contribution in [0.4, 0.5) is 5.69 Å². The Morgan fingerprint density at radius 1 is 1.37 bits per heavy atom. The number of benzene rings is 1. The Bertz CT molecular complexity index is 551. The fourth-order valence-corrected chi connectivity index (χ4v) is 2.48. The van der Waals surface area contributed by atoms with Gasteiger partial charge in [-0.1, -0.05) is 25.1 Å². The number of hydrogen-bond acceptors (Lipinski definition) is 5. The van der Waals surface area contributed by atoms with E-state index < -0.39 is 0 Å². The van der Waals surface area contributed by atoms with Gasteiger partial charge < -0.3 is 10.3 Å². The Balaban J connectivity index is 2.05. The van der Waals surface area contributed by atoms with E-state index >= 15 is 0 Å². The molecule has 0 unspecified atom stereocenters. The van der Waals surface area contributed by atoms with Crippen molar-refractivity contribution in [3.05, 3.63) is 29.6 Å². The van der Waals surface area contributed by atoms with Crippen LogP contribution in [0.15, 0.2) is 22.7 Å². The number of nitrogen functional groups attached to an aromatic ring is 1. The molecule has 0 fully saturated rings. The first kappa shape index (κ1) is 13.9. The number of nitrogens with zero attached hydrogens (tertiary/aromatic N) is 2. The van der Waals surface area contributed by atoms with Crippen molar-refractivity contribution < 1.29 is 4.52 Å². The van der Waals surface area contributed by atoms with Crippen molar-refractivity contribution in [2.45, 2.75) is 26.5 Å². The highest BCUT2D eigenvalue weighted by molar-refractivity contribution is 7.98. The van der Waals surface area contributed by atoms with Crippen LogP contribution in [0.25, 0.3) is 11.5 Å². The van der Waals surface area contributed by atoms with Gasteiger partial charge in [-0.15, -0.1) is 0 Å². The molecular formula is C14H19N3OS. The standard InChI is InChI=1S/C14H19N3OS/c1-9(2)7-19-8-13-16-14(18-17-13)11-5-4-10(3)12(15)6-11/h4-6,9H,7-8,15H2,1-3H3. The summed E-state index contributed by atoms with van der Waals surface area (Å²) >= 11 is 1.82. The van der Waals surface area contributed by atoms with Gasteiger partial charge in [0.15, 0.2) is 5.82 Å².